The van der Waals surface area contributed by atoms with Gasteiger partial charge in [-0.25, -0.2) is 4.79 Å². The Kier molecular flexibility index (Phi) is 6.33. The number of esters is 1. The van der Waals surface area contributed by atoms with Crippen molar-refractivity contribution in [3.63, 3.8) is 0 Å². The number of hydrogen-bond donors (Lipinski definition) is 1. The first kappa shape index (κ1) is 19.5. The van der Waals surface area contributed by atoms with Crippen LogP contribution in [0.1, 0.15) is 34.0 Å². The fourth-order valence-corrected chi connectivity index (χ4v) is 3.17. The second-order valence-electron chi connectivity index (χ2n) is 5.82. The molecule has 0 saturated heterocycles. The third-order valence-electron chi connectivity index (χ3n) is 4.00. The minimum atomic E-state index is -1.11. The molecule has 0 saturated carbocycles. The smallest absolute Gasteiger partial charge is 0.353 e. The van der Waals surface area contributed by atoms with E-state index >= 15 is 0 Å². The molecule has 7 nitrogen and oxygen atoms in total. The number of nitrogens with zero attached hydrogens (tertiary/aromatic N) is 2. The van der Waals surface area contributed by atoms with Crippen molar-refractivity contribution in [2.45, 2.75) is 19.4 Å². The van der Waals surface area contributed by atoms with Crippen molar-refractivity contribution in [2.24, 2.45) is 0 Å². The fraction of sp³-hybridized carbons (Fsp3) is 0.200. The molecule has 0 spiro atoms. The summed E-state index contributed by atoms with van der Waals surface area (Å²) in [6.07, 6.45) is -0.558. The molecular formula is C20H19N3O4S. The van der Waals surface area contributed by atoms with Crippen LogP contribution in [0.15, 0.2) is 54.6 Å². The minimum Gasteiger partial charge on any atom is -0.497 e. The molecule has 0 radical (unpaired) electrons. The van der Waals surface area contributed by atoms with Gasteiger partial charge in [0.25, 0.3) is 5.91 Å². The lowest BCUT2D eigenvalue weighted by Gasteiger charge is -2.18. The van der Waals surface area contributed by atoms with Gasteiger partial charge in [0.05, 0.1) is 12.8 Å². The van der Waals surface area contributed by atoms with E-state index in [0.717, 1.165) is 11.5 Å². The first-order chi connectivity index (χ1) is 13.6. The maximum atomic E-state index is 12.9. The van der Waals surface area contributed by atoms with Crippen molar-refractivity contribution in [1.82, 2.24) is 9.59 Å². The van der Waals surface area contributed by atoms with Gasteiger partial charge in [-0.05, 0) is 42.2 Å². The summed E-state index contributed by atoms with van der Waals surface area (Å²) in [5, 5.41) is 6.69. The number of nitrogens with one attached hydrogen (secondary N) is 1. The van der Waals surface area contributed by atoms with Crippen LogP contribution in [0.5, 0.6) is 5.75 Å². The molecule has 1 amide bonds. The topological polar surface area (TPSA) is 90.4 Å². The molecule has 3 rings (SSSR count). The number of ether oxygens (including phenoxy) is 2. The van der Waals surface area contributed by atoms with Crippen molar-refractivity contribution in [2.75, 3.05) is 12.4 Å². The second kappa shape index (κ2) is 9.09. The highest BCUT2D eigenvalue weighted by molar-refractivity contribution is 7.07. The third kappa shape index (κ3) is 4.52. The first-order valence-corrected chi connectivity index (χ1v) is 9.41. The van der Waals surface area contributed by atoms with E-state index in [4.69, 9.17) is 9.47 Å². The van der Waals surface area contributed by atoms with Crippen LogP contribution in [0.4, 0.5) is 5.69 Å². The summed E-state index contributed by atoms with van der Waals surface area (Å²) >= 11 is 0.958. The lowest BCUT2D eigenvalue weighted by Crippen LogP contribution is -2.26. The minimum absolute atomic E-state index is 0.306. The molecule has 0 bridgehead atoms. The van der Waals surface area contributed by atoms with Crippen molar-refractivity contribution < 1.29 is 19.1 Å². The molecule has 144 valence electrons. The number of aryl methyl sites for hydroxylation is 1. The van der Waals surface area contributed by atoms with E-state index < -0.39 is 18.0 Å². The Hall–Kier alpha value is -3.26. The molecule has 2 aromatic carbocycles. The molecule has 8 heteroatoms. The van der Waals surface area contributed by atoms with Crippen LogP contribution in [-0.4, -0.2) is 28.6 Å². The van der Waals surface area contributed by atoms with E-state index in [1.807, 2.05) is 13.0 Å². The third-order valence-corrected chi connectivity index (χ3v) is 4.75. The summed E-state index contributed by atoms with van der Waals surface area (Å²) in [6, 6.07) is 15.7. The van der Waals surface area contributed by atoms with Gasteiger partial charge >= 0.3 is 5.97 Å². The van der Waals surface area contributed by atoms with Crippen molar-refractivity contribution in [3.05, 3.63) is 70.7 Å². The average molecular weight is 397 g/mol. The summed E-state index contributed by atoms with van der Waals surface area (Å²) in [7, 11) is 1.57. The van der Waals surface area contributed by atoms with Crippen LogP contribution in [0.25, 0.3) is 0 Å². The molecule has 28 heavy (non-hydrogen) atoms. The lowest BCUT2D eigenvalue weighted by molar-refractivity contribution is -0.125. The number of hydrogen-bond acceptors (Lipinski definition) is 7. The molecule has 1 heterocycles. The number of rotatable bonds is 7. The molecule has 3 aromatic rings. The number of aromatic nitrogens is 2. The Labute approximate surface area is 166 Å². The molecule has 0 aliphatic rings. The molecule has 0 aliphatic heterocycles. The average Bonchev–Trinajstić information content (AvgIpc) is 3.22. The van der Waals surface area contributed by atoms with Crippen LogP contribution < -0.4 is 10.1 Å². The van der Waals surface area contributed by atoms with Crippen LogP contribution in [0.3, 0.4) is 0 Å². The maximum absolute atomic E-state index is 12.9. The SMILES string of the molecule is CCc1nnsc1C(=O)O[C@@H](C(=O)Nc1ccc(OC)cc1)c1ccccc1. The number of anilines is 1. The Morgan fingerprint density at radius 2 is 1.82 bits per heavy atom. The predicted octanol–water partition coefficient (Wildman–Crippen LogP) is 3.65. The monoisotopic (exact) mass is 397 g/mol. The van der Waals surface area contributed by atoms with E-state index in [2.05, 4.69) is 14.9 Å². The molecule has 0 unspecified atom stereocenters. The van der Waals surface area contributed by atoms with Crippen LogP contribution in [0, 0.1) is 0 Å². The number of amides is 1. The van der Waals surface area contributed by atoms with Gasteiger partial charge < -0.3 is 14.8 Å². The van der Waals surface area contributed by atoms with Gasteiger partial charge in [0, 0.05) is 11.3 Å². The molecule has 0 fully saturated rings. The quantitative estimate of drug-likeness (QED) is 0.612. The summed E-state index contributed by atoms with van der Waals surface area (Å²) in [4.78, 5) is 25.8. The lowest BCUT2D eigenvalue weighted by atomic mass is 10.1. The number of methoxy groups -OCH3 is 1. The summed E-state index contributed by atoms with van der Waals surface area (Å²) < 4.78 is 14.5. The number of carbonyl (C=O) groups excluding carboxylic acids is 2. The highest BCUT2D eigenvalue weighted by atomic mass is 32.1. The molecule has 0 aliphatic carbocycles. The predicted molar refractivity (Wildman–Crippen MR) is 106 cm³/mol. The van der Waals surface area contributed by atoms with Gasteiger partial charge in [-0.3, -0.25) is 4.79 Å². The zero-order valence-corrected chi connectivity index (χ0v) is 16.2. The molecule has 1 aromatic heterocycles. The highest BCUT2D eigenvalue weighted by Gasteiger charge is 2.28. The van der Waals surface area contributed by atoms with Crippen LogP contribution in [-0.2, 0) is 16.0 Å². The van der Waals surface area contributed by atoms with Gasteiger partial charge in [0.1, 0.15) is 5.75 Å². The van der Waals surface area contributed by atoms with E-state index in [9.17, 15) is 9.59 Å². The number of benzene rings is 2. The van der Waals surface area contributed by atoms with Gasteiger partial charge in [-0.1, -0.05) is 41.7 Å². The van der Waals surface area contributed by atoms with E-state index in [1.165, 1.54) is 0 Å². The zero-order valence-electron chi connectivity index (χ0n) is 15.4. The van der Waals surface area contributed by atoms with Gasteiger partial charge in [0.15, 0.2) is 4.88 Å². The fourth-order valence-electron chi connectivity index (χ4n) is 2.54. The van der Waals surface area contributed by atoms with E-state index in [0.29, 0.717) is 34.0 Å². The molecular weight excluding hydrogens is 378 g/mol. The zero-order chi connectivity index (χ0) is 19.9. The Balaban J connectivity index is 1.82. The largest absolute Gasteiger partial charge is 0.497 e. The highest BCUT2D eigenvalue weighted by Crippen LogP contribution is 2.24. The summed E-state index contributed by atoms with van der Waals surface area (Å²) in [5.74, 6) is -0.403. The summed E-state index contributed by atoms with van der Waals surface area (Å²) in [6.45, 7) is 1.87. The summed E-state index contributed by atoms with van der Waals surface area (Å²) in [5.41, 5.74) is 1.69. The van der Waals surface area contributed by atoms with Crippen LogP contribution >= 0.6 is 11.5 Å². The van der Waals surface area contributed by atoms with E-state index in [-0.39, 0.29) is 0 Å². The van der Waals surface area contributed by atoms with Gasteiger partial charge in [-0.2, -0.15) is 0 Å². The molecule has 1 N–H and O–H groups in total. The van der Waals surface area contributed by atoms with Crippen molar-refractivity contribution in [1.29, 1.82) is 0 Å². The number of carbonyl (C=O) groups is 2. The van der Waals surface area contributed by atoms with Crippen LogP contribution in [0.2, 0.25) is 0 Å². The van der Waals surface area contributed by atoms with Gasteiger partial charge in [0.2, 0.25) is 6.10 Å². The van der Waals surface area contributed by atoms with Gasteiger partial charge in [-0.15, -0.1) is 5.10 Å². The second-order valence-corrected chi connectivity index (χ2v) is 6.57. The Bertz CT molecular complexity index is 942. The molecule has 1 atom stereocenters. The Morgan fingerprint density at radius 3 is 2.46 bits per heavy atom. The van der Waals surface area contributed by atoms with Crippen molar-refractivity contribution in [3.8, 4) is 5.75 Å². The van der Waals surface area contributed by atoms with E-state index in [1.54, 1.807) is 55.6 Å². The maximum Gasteiger partial charge on any atom is 0.353 e. The van der Waals surface area contributed by atoms with Crippen molar-refractivity contribution >= 4 is 29.1 Å². The Morgan fingerprint density at radius 1 is 1.11 bits per heavy atom. The standard InChI is InChI=1S/C20H19N3O4S/c1-3-16-18(28-23-22-16)20(25)27-17(13-7-5-4-6-8-13)19(24)21-14-9-11-15(26-2)12-10-14/h4-12,17H,3H2,1-2H3,(H,21,24)/t17-/m1/s1. The normalized spacial score (nSPS) is 11.5. The first-order valence-electron chi connectivity index (χ1n) is 8.64.